The van der Waals surface area contributed by atoms with E-state index in [4.69, 9.17) is 4.74 Å². The first-order chi connectivity index (χ1) is 8.65. The topological polar surface area (TPSA) is 49.8 Å². The number of carbonyl (C=O) groups is 1. The van der Waals surface area contributed by atoms with Gasteiger partial charge in [-0.2, -0.15) is 0 Å². The Hall–Kier alpha value is -1.55. The van der Waals surface area contributed by atoms with Crippen molar-refractivity contribution >= 4 is 6.09 Å². The number of hydrogen-bond donors (Lipinski definition) is 1. The largest absolute Gasteiger partial charge is 0.450 e. The summed E-state index contributed by atoms with van der Waals surface area (Å²) in [5.74, 6) is 0. The normalized spacial score (nSPS) is 18.4. The Morgan fingerprint density at radius 3 is 2.50 bits per heavy atom. The van der Waals surface area contributed by atoms with Crippen LogP contribution in [0.4, 0.5) is 4.79 Å². The van der Waals surface area contributed by atoms with Crippen LogP contribution in [-0.2, 0) is 10.3 Å². The summed E-state index contributed by atoms with van der Waals surface area (Å²) in [5.41, 5.74) is 0.109. The molecular weight excluding hydrogens is 230 g/mol. The van der Waals surface area contributed by atoms with Crippen LogP contribution < -0.4 is 0 Å². The maximum atomic E-state index is 11.6. The smallest absolute Gasteiger partial charge is 0.409 e. The van der Waals surface area contributed by atoms with Gasteiger partial charge in [0.2, 0.25) is 0 Å². The zero-order chi connectivity index (χ0) is 13.0. The minimum atomic E-state index is -0.815. The highest BCUT2D eigenvalue weighted by molar-refractivity contribution is 5.67. The molecule has 18 heavy (non-hydrogen) atoms. The van der Waals surface area contributed by atoms with E-state index in [-0.39, 0.29) is 6.09 Å². The molecule has 0 aliphatic carbocycles. The number of carbonyl (C=O) groups excluding carboxylic acids is 1. The highest BCUT2D eigenvalue weighted by Gasteiger charge is 2.35. The minimum Gasteiger partial charge on any atom is -0.450 e. The van der Waals surface area contributed by atoms with Crippen molar-refractivity contribution in [3.05, 3.63) is 35.9 Å². The number of nitrogens with zero attached hydrogens (tertiary/aromatic N) is 1. The van der Waals surface area contributed by atoms with Crippen molar-refractivity contribution in [2.45, 2.75) is 25.4 Å². The predicted octanol–water partition coefficient (Wildman–Crippen LogP) is 2.13. The van der Waals surface area contributed by atoms with Gasteiger partial charge in [-0.1, -0.05) is 30.3 Å². The molecule has 2 rings (SSSR count). The second-order valence-corrected chi connectivity index (χ2v) is 4.58. The first-order valence-electron chi connectivity index (χ1n) is 6.35. The van der Waals surface area contributed by atoms with Crippen molar-refractivity contribution in [1.29, 1.82) is 0 Å². The van der Waals surface area contributed by atoms with E-state index >= 15 is 0 Å². The van der Waals surface area contributed by atoms with Crippen molar-refractivity contribution < 1.29 is 14.6 Å². The minimum absolute atomic E-state index is 0.285. The van der Waals surface area contributed by atoms with Crippen molar-refractivity contribution in [2.75, 3.05) is 19.7 Å². The van der Waals surface area contributed by atoms with E-state index in [1.54, 1.807) is 11.8 Å². The summed E-state index contributed by atoms with van der Waals surface area (Å²) >= 11 is 0. The van der Waals surface area contributed by atoms with Gasteiger partial charge in [-0.15, -0.1) is 0 Å². The van der Waals surface area contributed by atoms with Gasteiger partial charge in [0.15, 0.2) is 0 Å². The van der Waals surface area contributed by atoms with Crippen LogP contribution in [0.15, 0.2) is 30.3 Å². The molecule has 1 N–H and O–H groups in total. The van der Waals surface area contributed by atoms with Crippen LogP contribution in [0.2, 0.25) is 0 Å². The van der Waals surface area contributed by atoms with E-state index < -0.39 is 5.60 Å². The lowest BCUT2D eigenvalue weighted by Crippen LogP contribution is -2.45. The van der Waals surface area contributed by atoms with Gasteiger partial charge in [-0.05, 0) is 25.3 Å². The van der Waals surface area contributed by atoms with Gasteiger partial charge in [-0.25, -0.2) is 4.79 Å². The van der Waals surface area contributed by atoms with E-state index in [0.29, 0.717) is 32.5 Å². The number of rotatable bonds is 2. The fourth-order valence-corrected chi connectivity index (χ4v) is 2.31. The molecule has 1 aliphatic heterocycles. The Labute approximate surface area is 107 Å². The fourth-order valence-electron chi connectivity index (χ4n) is 2.31. The molecule has 1 fully saturated rings. The third-order valence-corrected chi connectivity index (χ3v) is 3.43. The van der Waals surface area contributed by atoms with Crippen LogP contribution in [0.3, 0.4) is 0 Å². The Bertz CT molecular complexity index is 397. The maximum absolute atomic E-state index is 11.6. The molecule has 0 aromatic heterocycles. The lowest BCUT2D eigenvalue weighted by atomic mass is 9.84. The molecule has 0 unspecified atom stereocenters. The fraction of sp³-hybridized carbons (Fsp3) is 0.500. The van der Waals surface area contributed by atoms with E-state index in [9.17, 15) is 9.90 Å². The van der Waals surface area contributed by atoms with Crippen LogP contribution in [0.1, 0.15) is 25.3 Å². The van der Waals surface area contributed by atoms with Gasteiger partial charge in [0.1, 0.15) is 0 Å². The zero-order valence-corrected chi connectivity index (χ0v) is 10.6. The summed E-state index contributed by atoms with van der Waals surface area (Å²) in [7, 11) is 0. The first-order valence-corrected chi connectivity index (χ1v) is 6.35. The SMILES string of the molecule is CCOC(=O)N1CCC(O)(c2ccccc2)CC1. The molecular formula is C14H19NO3. The van der Waals surface area contributed by atoms with E-state index in [2.05, 4.69) is 0 Å². The average Bonchev–Trinajstić information content (AvgIpc) is 2.41. The second-order valence-electron chi connectivity index (χ2n) is 4.58. The van der Waals surface area contributed by atoms with Gasteiger partial charge in [-0.3, -0.25) is 0 Å². The van der Waals surface area contributed by atoms with Crippen molar-refractivity contribution in [3.63, 3.8) is 0 Å². The summed E-state index contributed by atoms with van der Waals surface area (Å²) in [5, 5.41) is 10.6. The third kappa shape index (κ3) is 2.64. The van der Waals surface area contributed by atoms with Crippen LogP contribution in [0.25, 0.3) is 0 Å². The highest BCUT2D eigenvalue weighted by Crippen LogP contribution is 2.32. The standard InChI is InChI=1S/C14H19NO3/c1-2-18-13(16)15-10-8-14(17,9-11-15)12-6-4-3-5-7-12/h3-7,17H,2,8-11H2,1H3. The molecule has 98 valence electrons. The second kappa shape index (κ2) is 5.40. The Kier molecular flexibility index (Phi) is 3.87. The summed E-state index contributed by atoms with van der Waals surface area (Å²) in [4.78, 5) is 13.2. The zero-order valence-electron chi connectivity index (χ0n) is 10.6. The number of likely N-dealkylation sites (tertiary alicyclic amines) is 1. The van der Waals surface area contributed by atoms with E-state index in [0.717, 1.165) is 5.56 Å². The van der Waals surface area contributed by atoms with Gasteiger partial charge in [0.05, 0.1) is 12.2 Å². The molecule has 1 saturated heterocycles. The molecule has 1 aliphatic rings. The van der Waals surface area contributed by atoms with Gasteiger partial charge >= 0.3 is 6.09 Å². The summed E-state index contributed by atoms with van der Waals surface area (Å²) < 4.78 is 4.96. The quantitative estimate of drug-likeness (QED) is 0.873. The molecule has 4 heteroatoms. The third-order valence-electron chi connectivity index (χ3n) is 3.43. The molecule has 1 aromatic carbocycles. The van der Waals surface area contributed by atoms with E-state index in [1.807, 2.05) is 30.3 Å². The number of ether oxygens (including phenoxy) is 1. The molecule has 1 heterocycles. The summed E-state index contributed by atoms with van der Waals surface area (Å²) in [6.07, 6.45) is 0.818. The molecule has 1 aromatic rings. The van der Waals surface area contributed by atoms with Gasteiger partial charge < -0.3 is 14.7 Å². The molecule has 0 bridgehead atoms. The lowest BCUT2D eigenvalue weighted by Gasteiger charge is -2.37. The van der Waals surface area contributed by atoms with E-state index in [1.165, 1.54) is 0 Å². The van der Waals surface area contributed by atoms with Crippen molar-refractivity contribution in [2.24, 2.45) is 0 Å². The maximum Gasteiger partial charge on any atom is 0.409 e. The molecule has 0 saturated carbocycles. The molecule has 0 radical (unpaired) electrons. The molecule has 0 spiro atoms. The summed E-state index contributed by atoms with van der Waals surface area (Å²) in [6.45, 7) is 3.24. The molecule has 1 amide bonds. The average molecular weight is 249 g/mol. The first kappa shape index (κ1) is 12.9. The monoisotopic (exact) mass is 249 g/mol. The number of aliphatic hydroxyl groups is 1. The van der Waals surface area contributed by atoms with Crippen molar-refractivity contribution in [3.8, 4) is 0 Å². The highest BCUT2D eigenvalue weighted by atomic mass is 16.6. The van der Waals surface area contributed by atoms with Crippen LogP contribution in [0, 0.1) is 0 Å². The lowest BCUT2D eigenvalue weighted by molar-refractivity contribution is -0.0244. The number of hydrogen-bond acceptors (Lipinski definition) is 3. The number of piperidine rings is 1. The Morgan fingerprint density at radius 1 is 1.33 bits per heavy atom. The Balaban J connectivity index is 1.99. The molecule has 0 atom stereocenters. The van der Waals surface area contributed by atoms with Crippen LogP contribution >= 0.6 is 0 Å². The predicted molar refractivity (Wildman–Crippen MR) is 68.2 cm³/mol. The van der Waals surface area contributed by atoms with Crippen molar-refractivity contribution in [1.82, 2.24) is 4.90 Å². The van der Waals surface area contributed by atoms with Crippen LogP contribution in [0.5, 0.6) is 0 Å². The number of amides is 1. The number of benzene rings is 1. The summed E-state index contributed by atoms with van der Waals surface area (Å²) in [6, 6.07) is 9.64. The molecule has 4 nitrogen and oxygen atoms in total. The van der Waals surface area contributed by atoms with Gasteiger partial charge in [0, 0.05) is 13.1 Å². The van der Waals surface area contributed by atoms with Crippen LogP contribution in [-0.4, -0.2) is 35.8 Å². The van der Waals surface area contributed by atoms with Gasteiger partial charge in [0.25, 0.3) is 0 Å². The Morgan fingerprint density at radius 2 is 1.94 bits per heavy atom.